The van der Waals surface area contributed by atoms with Gasteiger partial charge in [0.25, 0.3) is 0 Å². The number of hydrogen-bond acceptors (Lipinski definition) is 7. The number of esters is 1. The predicted octanol–water partition coefficient (Wildman–Crippen LogP) is 4.60. The van der Waals surface area contributed by atoms with Crippen LogP contribution in [0.5, 0.6) is 5.75 Å². The van der Waals surface area contributed by atoms with Crippen molar-refractivity contribution in [2.24, 2.45) is 0 Å². The monoisotopic (exact) mass is 484 g/mol. The molecule has 3 aliphatic rings. The molecule has 0 atom stereocenters. The number of pyridine rings is 1. The summed E-state index contributed by atoms with van der Waals surface area (Å²) >= 11 is 0. The molecule has 0 spiro atoms. The molecule has 3 heterocycles. The van der Waals surface area contributed by atoms with E-state index in [0.717, 1.165) is 33.7 Å². The highest BCUT2D eigenvalue weighted by atomic mass is 16.6. The van der Waals surface area contributed by atoms with Crippen LogP contribution in [0.3, 0.4) is 0 Å². The first-order chi connectivity index (χ1) is 17.5. The normalized spacial score (nSPS) is 18.0. The highest BCUT2D eigenvalue weighted by Crippen LogP contribution is 2.36. The summed E-state index contributed by atoms with van der Waals surface area (Å²) in [6, 6.07) is 9.72. The van der Waals surface area contributed by atoms with Crippen molar-refractivity contribution in [3.63, 3.8) is 0 Å². The molecule has 0 saturated heterocycles. The summed E-state index contributed by atoms with van der Waals surface area (Å²) in [6.07, 6.45) is 10.4. The number of ether oxygens (including phenoxy) is 3. The Morgan fingerprint density at radius 1 is 1.22 bits per heavy atom. The smallest absolute Gasteiger partial charge is 0.348 e. The standard InChI is InChI=1S/C29H28N2O5/c1-18(2)35-29(33)26-27(32)25(16-19-8-4-5-11-23-21(19)10-7-14-30-23)36-28(26)31-15-13-22-20(17-31)9-6-12-24(22)34-3/h5-12,14,16,18H,4,13,15,17H2,1-3H3/b25-16-. The Kier molecular flexibility index (Phi) is 6.46. The molecule has 7 nitrogen and oxygen atoms in total. The van der Waals surface area contributed by atoms with E-state index >= 15 is 0 Å². The highest BCUT2D eigenvalue weighted by Gasteiger charge is 2.40. The van der Waals surface area contributed by atoms with E-state index in [-0.39, 0.29) is 23.3 Å². The van der Waals surface area contributed by atoms with Crippen LogP contribution in [-0.2, 0) is 32.0 Å². The number of methoxy groups -OCH3 is 1. The van der Waals surface area contributed by atoms with Gasteiger partial charge >= 0.3 is 5.97 Å². The number of nitrogens with zero attached hydrogens (tertiary/aromatic N) is 2. The van der Waals surface area contributed by atoms with Crippen molar-refractivity contribution >= 4 is 23.4 Å². The number of allylic oxidation sites excluding steroid dienone is 5. The van der Waals surface area contributed by atoms with Gasteiger partial charge < -0.3 is 19.1 Å². The molecule has 1 aromatic heterocycles. The van der Waals surface area contributed by atoms with E-state index in [2.05, 4.69) is 4.98 Å². The van der Waals surface area contributed by atoms with E-state index in [4.69, 9.17) is 14.2 Å². The molecule has 0 bridgehead atoms. The molecule has 0 unspecified atom stereocenters. The van der Waals surface area contributed by atoms with E-state index in [1.807, 2.05) is 53.5 Å². The number of benzene rings is 1. The molecule has 5 rings (SSSR count). The fraction of sp³-hybridized carbons (Fsp3) is 0.276. The van der Waals surface area contributed by atoms with Crippen molar-refractivity contribution in [1.29, 1.82) is 0 Å². The first-order valence-electron chi connectivity index (χ1n) is 12.1. The van der Waals surface area contributed by atoms with Crippen LogP contribution in [0.4, 0.5) is 0 Å². The lowest BCUT2D eigenvalue weighted by Gasteiger charge is -2.31. The van der Waals surface area contributed by atoms with Gasteiger partial charge in [-0.05, 0) is 62.1 Å². The number of aromatic nitrogens is 1. The second kappa shape index (κ2) is 9.85. The van der Waals surface area contributed by atoms with Crippen LogP contribution in [0.15, 0.2) is 72.0 Å². The summed E-state index contributed by atoms with van der Waals surface area (Å²) in [5.74, 6) is 0.0223. The summed E-state index contributed by atoms with van der Waals surface area (Å²) < 4.78 is 17.1. The van der Waals surface area contributed by atoms with Gasteiger partial charge in [0.15, 0.2) is 11.3 Å². The Morgan fingerprint density at radius 2 is 2.08 bits per heavy atom. The van der Waals surface area contributed by atoms with Crippen LogP contribution >= 0.6 is 0 Å². The number of hydrogen-bond donors (Lipinski definition) is 0. The Hall–Kier alpha value is -4.13. The third-order valence-corrected chi connectivity index (χ3v) is 6.33. The molecule has 2 aliphatic heterocycles. The van der Waals surface area contributed by atoms with E-state index < -0.39 is 11.8 Å². The van der Waals surface area contributed by atoms with Gasteiger partial charge in [-0.25, -0.2) is 4.79 Å². The molecule has 0 saturated carbocycles. The molecule has 1 aliphatic carbocycles. The summed E-state index contributed by atoms with van der Waals surface area (Å²) in [7, 11) is 1.66. The van der Waals surface area contributed by atoms with Crippen LogP contribution < -0.4 is 4.74 Å². The van der Waals surface area contributed by atoms with E-state index in [1.54, 1.807) is 33.2 Å². The third-order valence-electron chi connectivity index (χ3n) is 6.33. The quantitative estimate of drug-likeness (QED) is 0.349. The van der Waals surface area contributed by atoms with Crippen LogP contribution in [-0.4, -0.2) is 41.4 Å². The minimum atomic E-state index is -0.677. The van der Waals surface area contributed by atoms with Gasteiger partial charge in [-0.2, -0.15) is 0 Å². The summed E-state index contributed by atoms with van der Waals surface area (Å²) in [5, 5.41) is 0. The minimum absolute atomic E-state index is 0.0694. The van der Waals surface area contributed by atoms with E-state index in [9.17, 15) is 9.59 Å². The van der Waals surface area contributed by atoms with Gasteiger partial charge in [-0.1, -0.05) is 30.4 Å². The maximum atomic E-state index is 13.5. The predicted molar refractivity (Wildman–Crippen MR) is 135 cm³/mol. The number of carbonyl (C=O) groups excluding carboxylic acids is 2. The number of fused-ring (bicyclic) bond motifs is 2. The van der Waals surface area contributed by atoms with Gasteiger partial charge in [0, 0.05) is 30.4 Å². The SMILES string of the molecule is COc1cccc2c1CCN(C1=C(C(=O)OC(C)C)C(=O)/C(=C/C3=CCC=Cc4ncccc43)O1)C2. The van der Waals surface area contributed by atoms with Crippen LogP contribution in [0.25, 0.3) is 11.6 Å². The minimum Gasteiger partial charge on any atom is -0.496 e. The molecule has 0 fully saturated rings. The zero-order valence-electron chi connectivity index (χ0n) is 20.6. The zero-order chi connectivity index (χ0) is 25.2. The number of ketones is 1. The van der Waals surface area contributed by atoms with Crippen LogP contribution in [0, 0.1) is 0 Å². The van der Waals surface area contributed by atoms with Crippen molar-refractivity contribution in [2.45, 2.75) is 39.3 Å². The average molecular weight is 485 g/mol. The first-order valence-corrected chi connectivity index (χ1v) is 12.1. The van der Waals surface area contributed by atoms with Crippen LogP contribution in [0.1, 0.15) is 42.7 Å². The lowest BCUT2D eigenvalue weighted by Crippen LogP contribution is -2.32. The molecule has 0 radical (unpaired) electrons. The molecule has 1 aromatic carbocycles. The second-order valence-electron chi connectivity index (χ2n) is 9.08. The molecule has 0 amide bonds. The van der Waals surface area contributed by atoms with Crippen molar-refractivity contribution in [3.8, 4) is 5.75 Å². The topological polar surface area (TPSA) is 78.0 Å². The Morgan fingerprint density at radius 3 is 2.89 bits per heavy atom. The largest absolute Gasteiger partial charge is 0.496 e. The first kappa shape index (κ1) is 23.6. The summed E-state index contributed by atoms with van der Waals surface area (Å²) in [4.78, 5) is 33.0. The molecule has 184 valence electrons. The molecular weight excluding hydrogens is 456 g/mol. The second-order valence-corrected chi connectivity index (χ2v) is 9.08. The fourth-order valence-corrected chi connectivity index (χ4v) is 4.69. The van der Waals surface area contributed by atoms with Crippen molar-refractivity contribution in [2.75, 3.05) is 13.7 Å². The number of Topliss-reactive ketones (excluding diaryl/α,β-unsaturated/α-hetero) is 1. The lowest BCUT2D eigenvalue weighted by atomic mass is 9.98. The van der Waals surface area contributed by atoms with Gasteiger partial charge in [0.1, 0.15) is 5.75 Å². The van der Waals surface area contributed by atoms with Gasteiger partial charge in [0.05, 0.1) is 18.9 Å². The molecule has 2 aromatic rings. The number of rotatable bonds is 5. The maximum Gasteiger partial charge on any atom is 0.348 e. The number of carbonyl (C=O) groups is 2. The van der Waals surface area contributed by atoms with Gasteiger partial charge in [-0.15, -0.1) is 0 Å². The Bertz CT molecular complexity index is 1350. The van der Waals surface area contributed by atoms with E-state index in [0.29, 0.717) is 25.9 Å². The molecular formula is C29H28N2O5. The maximum absolute atomic E-state index is 13.5. The average Bonchev–Trinajstić information content (AvgIpc) is 3.06. The van der Waals surface area contributed by atoms with Crippen LogP contribution in [0.2, 0.25) is 0 Å². The van der Waals surface area contributed by atoms with Gasteiger partial charge in [0.2, 0.25) is 11.7 Å². The van der Waals surface area contributed by atoms with E-state index in [1.165, 1.54) is 0 Å². The van der Waals surface area contributed by atoms with Crippen molar-refractivity contribution in [3.05, 3.63) is 94.4 Å². The fourth-order valence-electron chi connectivity index (χ4n) is 4.69. The van der Waals surface area contributed by atoms with Crippen molar-refractivity contribution in [1.82, 2.24) is 9.88 Å². The van der Waals surface area contributed by atoms with Crippen molar-refractivity contribution < 1.29 is 23.8 Å². The summed E-state index contributed by atoms with van der Waals surface area (Å²) in [6.45, 7) is 4.57. The molecule has 7 heteroatoms. The Labute approximate surface area is 210 Å². The zero-order valence-corrected chi connectivity index (χ0v) is 20.6. The highest BCUT2D eigenvalue weighted by molar-refractivity contribution is 6.25. The third kappa shape index (κ3) is 4.44. The Balaban J connectivity index is 1.51. The van der Waals surface area contributed by atoms with Gasteiger partial charge in [-0.3, -0.25) is 9.78 Å². The lowest BCUT2D eigenvalue weighted by molar-refractivity contribution is -0.143. The summed E-state index contributed by atoms with van der Waals surface area (Å²) in [5.41, 5.74) is 4.66. The molecule has 36 heavy (non-hydrogen) atoms. The molecule has 0 N–H and O–H groups in total.